The Bertz CT molecular complexity index is 2070. The molecule has 0 aromatic heterocycles. The van der Waals surface area contributed by atoms with Crippen LogP contribution < -0.4 is 5.32 Å². The van der Waals surface area contributed by atoms with Gasteiger partial charge in [0.1, 0.15) is 6.54 Å². The Morgan fingerprint density at radius 3 is 1.93 bits per heavy atom. The van der Waals surface area contributed by atoms with E-state index in [1.54, 1.807) is 18.2 Å². The normalized spacial score (nSPS) is 13.2. The number of benzene rings is 6. The molecule has 7 heteroatoms. The number of rotatable bonds is 7. The monoisotopic (exact) mass is 623 g/mol. The first-order valence-corrected chi connectivity index (χ1v) is 15.5. The van der Waals surface area contributed by atoms with Gasteiger partial charge in [0.15, 0.2) is 0 Å². The van der Waals surface area contributed by atoms with Gasteiger partial charge in [-0.15, -0.1) is 0 Å². The van der Waals surface area contributed by atoms with Gasteiger partial charge in [0.2, 0.25) is 5.91 Å². The molecule has 226 valence electrons. The zero-order valence-electron chi connectivity index (χ0n) is 24.9. The van der Waals surface area contributed by atoms with E-state index in [0.717, 1.165) is 5.56 Å². The largest absolute Gasteiger partial charge is 0.480 e. The molecule has 0 unspecified atom stereocenters. The first kappa shape index (κ1) is 29.4. The van der Waals surface area contributed by atoms with Gasteiger partial charge in [-0.25, -0.2) is 0 Å². The number of aliphatic imine (C=N–C) groups is 1. The Morgan fingerprint density at radius 1 is 0.739 bits per heavy atom. The highest BCUT2D eigenvalue weighted by Gasteiger charge is 2.25. The molecule has 0 saturated heterocycles. The van der Waals surface area contributed by atoms with E-state index in [1.165, 1.54) is 43.8 Å². The van der Waals surface area contributed by atoms with Crippen molar-refractivity contribution < 1.29 is 14.7 Å². The SMILES string of the molecule is O=C(O)C/N=C(\c1ccccc1)c1cc(Cl)ccc1NC(=O)CN1Cc2ccc3ccccc3c2-c2c(ccc3ccccc23)C1. The summed E-state index contributed by atoms with van der Waals surface area (Å²) in [7, 11) is 0. The fraction of sp³-hybridized carbons (Fsp3) is 0.103. The number of carbonyl (C=O) groups excluding carboxylic acids is 1. The zero-order chi connectivity index (χ0) is 31.6. The quantitative estimate of drug-likeness (QED) is 0.176. The van der Waals surface area contributed by atoms with Crippen LogP contribution in [-0.2, 0) is 22.7 Å². The van der Waals surface area contributed by atoms with E-state index < -0.39 is 12.5 Å². The summed E-state index contributed by atoms with van der Waals surface area (Å²) in [5, 5.41) is 17.7. The summed E-state index contributed by atoms with van der Waals surface area (Å²) in [6, 6.07) is 40.1. The number of fused-ring (bicyclic) bond motifs is 7. The van der Waals surface area contributed by atoms with E-state index in [1.807, 2.05) is 30.3 Å². The second kappa shape index (κ2) is 12.6. The van der Waals surface area contributed by atoms with Gasteiger partial charge >= 0.3 is 5.97 Å². The number of carboxylic acids is 1. The predicted octanol–water partition coefficient (Wildman–Crippen LogP) is 8.19. The van der Waals surface area contributed by atoms with Crippen molar-refractivity contribution in [1.29, 1.82) is 0 Å². The molecule has 1 heterocycles. The van der Waals surface area contributed by atoms with Crippen molar-refractivity contribution in [3.05, 3.63) is 149 Å². The maximum atomic E-state index is 13.8. The highest BCUT2D eigenvalue weighted by Crippen LogP contribution is 2.42. The number of amides is 1. The smallest absolute Gasteiger partial charge is 0.325 e. The van der Waals surface area contributed by atoms with Crippen LogP contribution in [-0.4, -0.2) is 40.7 Å². The third-order valence-electron chi connectivity index (χ3n) is 8.37. The highest BCUT2D eigenvalue weighted by atomic mass is 35.5. The molecule has 46 heavy (non-hydrogen) atoms. The standard InChI is InChI=1S/C39H30ClN3O3/c40-30-18-19-34(33(20-30)39(41-21-36(45)46)27-10-2-1-3-11-27)42-35(44)24-43-22-28-16-14-25-8-4-6-12-31(25)37(28)38-29(23-43)17-15-26-9-5-7-13-32(26)38/h1-20H,21-24H2,(H,42,44)(H,45,46)/b41-39+. The third kappa shape index (κ3) is 5.88. The fourth-order valence-electron chi connectivity index (χ4n) is 6.43. The summed E-state index contributed by atoms with van der Waals surface area (Å²) in [5.41, 5.74) is 7.00. The minimum atomic E-state index is -1.05. The fourth-order valence-corrected chi connectivity index (χ4v) is 6.60. The molecule has 6 aromatic rings. The van der Waals surface area contributed by atoms with Gasteiger partial charge in [-0.05, 0) is 62.0 Å². The van der Waals surface area contributed by atoms with Crippen molar-refractivity contribution in [3.63, 3.8) is 0 Å². The van der Waals surface area contributed by atoms with Crippen LogP contribution in [0.1, 0.15) is 22.3 Å². The van der Waals surface area contributed by atoms with Crippen molar-refractivity contribution in [3.8, 4) is 11.1 Å². The van der Waals surface area contributed by atoms with Crippen molar-refractivity contribution in [2.24, 2.45) is 4.99 Å². The molecule has 6 nitrogen and oxygen atoms in total. The van der Waals surface area contributed by atoms with Crippen LogP contribution >= 0.6 is 11.6 Å². The van der Waals surface area contributed by atoms with Crippen molar-refractivity contribution >= 4 is 56.4 Å². The van der Waals surface area contributed by atoms with Gasteiger partial charge in [-0.3, -0.25) is 19.5 Å². The van der Waals surface area contributed by atoms with Crippen LogP contribution in [0.4, 0.5) is 5.69 Å². The zero-order valence-corrected chi connectivity index (χ0v) is 25.7. The lowest BCUT2D eigenvalue weighted by Crippen LogP contribution is -2.32. The van der Waals surface area contributed by atoms with E-state index in [9.17, 15) is 14.7 Å². The maximum absolute atomic E-state index is 13.8. The maximum Gasteiger partial charge on any atom is 0.325 e. The van der Waals surface area contributed by atoms with Crippen LogP contribution in [0.5, 0.6) is 0 Å². The summed E-state index contributed by atoms with van der Waals surface area (Å²) in [6.07, 6.45) is 0. The molecule has 0 spiro atoms. The Labute approximate surface area is 271 Å². The highest BCUT2D eigenvalue weighted by molar-refractivity contribution is 6.31. The van der Waals surface area contributed by atoms with E-state index >= 15 is 0 Å². The Balaban J connectivity index is 1.24. The average Bonchev–Trinajstić information content (AvgIpc) is 3.23. The molecular formula is C39H30ClN3O3. The second-order valence-corrected chi connectivity index (χ2v) is 11.9. The number of nitrogens with zero attached hydrogens (tertiary/aromatic N) is 2. The number of hydrogen-bond donors (Lipinski definition) is 2. The molecule has 2 N–H and O–H groups in total. The van der Waals surface area contributed by atoms with E-state index in [2.05, 4.69) is 88.0 Å². The number of halogens is 1. The number of carboxylic acid groups (broad SMARTS) is 1. The molecule has 0 saturated carbocycles. The molecule has 6 aromatic carbocycles. The molecule has 0 bridgehead atoms. The Hall–Kier alpha value is -5.30. The van der Waals surface area contributed by atoms with E-state index in [0.29, 0.717) is 35.1 Å². The molecule has 1 aliphatic heterocycles. The van der Waals surface area contributed by atoms with Crippen LogP contribution in [0.3, 0.4) is 0 Å². The number of nitrogens with one attached hydrogen (secondary N) is 1. The van der Waals surface area contributed by atoms with Gasteiger partial charge in [0.25, 0.3) is 0 Å². The van der Waals surface area contributed by atoms with Crippen molar-refractivity contribution in [2.75, 3.05) is 18.4 Å². The lowest BCUT2D eigenvalue weighted by Gasteiger charge is -2.21. The van der Waals surface area contributed by atoms with Gasteiger partial charge in [0.05, 0.1) is 17.9 Å². The molecule has 0 radical (unpaired) electrons. The van der Waals surface area contributed by atoms with Crippen LogP contribution in [0.15, 0.2) is 126 Å². The Kier molecular flexibility index (Phi) is 8.06. The molecule has 0 aliphatic carbocycles. The Morgan fingerprint density at radius 2 is 1.33 bits per heavy atom. The number of aliphatic carboxylic acids is 1. The number of hydrogen-bond acceptors (Lipinski definition) is 4. The molecule has 0 fully saturated rings. The summed E-state index contributed by atoms with van der Waals surface area (Å²) in [6.45, 7) is 0.923. The predicted molar refractivity (Wildman–Crippen MR) is 186 cm³/mol. The van der Waals surface area contributed by atoms with Crippen molar-refractivity contribution in [1.82, 2.24) is 4.90 Å². The van der Waals surface area contributed by atoms with Gasteiger partial charge < -0.3 is 10.4 Å². The molecular weight excluding hydrogens is 594 g/mol. The number of anilines is 1. The molecule has 1 amide bonds. The lowest BCUT2D eigenvalue weighted by atomic mass is 9.88. The van der Waals surface area contributed by atoms with Crippen LogP contribution in [0.2, 0.25) is 5.02 Å². The molecule has 7 rings (SSSR count). The summed E-state index contributed by atoms with van der Waals surface area (Å²) in [5.74, 6) is -1.25. The van der Waals surface area contributed by atoms with Crippen LogP contribution in [0.25, 0.3) is 32.7 Å². The summed E-state index contributed by atoms with van der Waals surface area (Å²) in [4.78, 5) is 31.8. The lowest BCUT2D eigenvalue weighted by molar-refractivity contribution is -0.135. The molecule has 1 aliphatic rings. The third-order valence-corrected chi connectivity index (χ3v) is 8.60. The van der Waals surface area contributed by atoms with E-state index in [-0.39, 0.29) is 12.5 Å². The number of carbonyl (C=O) groups is 2. The van der Waals surface area contributed by atoms with Gasteiger partial charge in [-0.1, -0.05) is 115 Å². The van der Waals surface area contributed by atoms with Gasteiger partial charge in [0, 0.05) is 29.2 Å². The van der Waals surface area contributed by atoms with Crippen LogP contribution in [0, 0.1) is 0 Å². The minimum Gasteiger partial charge on any atom is -0.480 e. The molecule has 0 atom stereocenters. The summed E-state index contributed by atoms with van der Waals surface area (Å²) >= 11 is 6.41. The van der Waals surface area contributed by atoms with Crippen molar-refractivity contribution in [2.45, 2.75) is 13.1 Å². The topological polar surface area (TPSA) is 82.0 Å². The minimum absolute atomic E-state index is 0.146. The average molecular weight is 624 g/mol. The summed E-state index contributed by atoms with van der Waals surface area (Å²) < 4.78 is 0. The van der Waals surface area contributed by atoms with E-state index in [4.69, 9.17) is 11.6 Å². The first-order chi connectivity index (χ1) is 22.4. The second-order valence-electron chi connectivity index (χ2n) is 11.4. The van der Waals surface area contributed by atoms with Gasteiger partial charge in [-0.2, -0.15) is 0 Å². The first-order valence-electron chi connectivity index (χ1n) is 15.1.